The third-order valence-electron chi connectivity index (χ3n) is 3.56. The largest absolute Gasteiger partial charge is 0.334 e. The summed E-state index contributed by atoms with van der Waals surface area (Å²) in [6.07, 6.45) is 3.93. The lowest BCUT2D eigenvalue weighted by atomic mass is 10.0. The van der Waals surface area contributed by atoms with Crippen LogP contribution in [0.5, 0.6) is 0 Å². The summed E-state index contributed by atoms with van der Waals surface area (Å²) in [6, 6.07) is 7.15. The van der Waals surface area contributed by atoms with E-state index in [4.69, 9.17) is 0 Å². The van der Waals surface area contributed by atoms with Crippen molar-refractivity contribution in [2.24, 2.45) is 0 Å². The highest BCUT2D eigenvalue weighted by Gasteiger charge is 2.27. The zero-order valence-corrected chi connectivity index (χ0v) is 14.3. The number of nitrogens with one attached hydrogen (secondary N) is 1. The quantitative estimate of drug-likeness (QED) is 0.876. The Morgan fingerprint density at radius 3 is 2.62 bits per heavy atom. The van der Waals surface area contributed by atoms with Crippen LogP contribution >= 0.6 is 15.9 Å². The number of hydrogen-bond donors (Lipinski definition) is 1. The molecule has 1 aliphatic heterocycles. The molecule has 0 spiro atoms. The average molecular weight is 375 g/mol. The van der Waals surface area contributed by atoms with Crippen LogP contribution in [0.3, 0.4) is 0 Å². The summed E-state index contributed by atoms with van der Waals surface area (Å²) in [7, 11) is -3.24. The minimum atomic E-state index is -3.24. The first-order chi connectivity index (χ1) is 9.87. The van der Waals surface area contributed by atoms with E-state index < -0.39 is 10.0 Å². The first kappa shape index (κ1) is 16.5. The molecule has 0 unspecified atom stereocenters. The number of nitrogens with zero attached hydrogens (tertiary/aromatic N) is 1. The van der Waals surface area contributed by atoms with Gasteiger partial charge in [-0.25, -0.2) is 13.1 Å². The zero-order valence-electron chi connectivity index (χ0n) is 11.9. The SMILES string of the molecule is CS(=O)(=O)NC[C@H]1CCCCN1C(=O)c1ccc(Br)cc1. The number of benzene rings is 1. The third-order valence-corrected chi connectivity index (χ3v) is 4.78. The van der Waals surface area contributed by atoms with Gasteiger partial charge in [-0.05, 0) is 43.5 Å². The lowest BCUT2D eigenvalue weighted by molar-refractivity contribution is 0.0619. The fourth-order valence-electron chi connectivity index (χ4n) is 2.49. The Morgan fingerprint density at radius 2 is 2.00 bits per heavy atom. The van der Waals surface area contributed by atoms with Crippen molar-refractivity contribution in [3.63, 3.8) is 0 Å². The van der Waals surface area contributed by atoms with Gasteiger partial charge in [0, 0.05) is 29.2 Å². The molecule has 21 heavy (non-hydrogen) atoms. The molecule has 1 aromatic carbocycles. The molecule has 116 valence electrons. The smallest absolute Gasteiger partial charge is 0.254 e. The normalized spacial score (nSPS) is 19.5. The number of likely N-dealkylation sites (tertiary alicyclic amines) is 1. The standard InChI is InChI=1S/C14H19BrN2O3S/c1-21(19,20)16-10-13-4-2-3-9-17(13)14(18)11-5-7-12(15)8-6-11/h5-8,13,16H,2-4,9-10H2,1H3/t13-/m1/s1. The van der Waals surface area contributed by atoms with Crippen molar-refractivity contribution in [1.82, 2.24) is 9.62 Å². The van der Waals surface area contributed by atoms with Gasteiger partial charge in [-0.15, -0.1) is 0 Å². The second kappa shape index (κ2) is 6.89. The maximum absolute atomic E-state index is 12.6. The predicted octanol–water partition coefficient (Wildman–Crippen LogP) is 1.99. The molecule has 7 heteroatoms. The Balaban J connectivity index is 2.10. The van der Waals surface area contributed by atoms with E-state index in [1.165, 1.54) is 0 Å². The molecule has 5 nitrogen and oxygen atoms in total. The van der Waals surface area contributed by atoms with E-state index in [0.29, 0.717) is 12.1 Å². The highest BCUT2D eigenvalue weighted by Crippen LogP contribution is 2.20. The van der Waals surface area contributed by atoms with Crippen molar-refractivity contribution in [3.05, 3.63) is 34.3 Å². The number of hydrogen-bond acceptors (Lipinski definition) is 3. The van der Waals surface area contributed by atoms with Gasteiger partial charge >= 0.3 is 0 Å². The molecule has 1 N–H and O–H groups in total. The molecule has 1 fully saturated rings. The maximum Gasteiger partial charge on any atom is 0.254 e. The summed E-state index contributed by atoms with van der Waals surface area (Å²) < 4.78 is 25.9. The number of sulfonamides is 1. The summed E-state index contributed by atoms with van der Waals surface area (Å²) in [6.45, 7) is 0.951. The van der Waals surface area contributed by atoms with Crippen molar-refractivity contribution in [3.8, 4) is 0 Å². The van der Waals surface area contributed by atoms with E-state index >= 15 is 0 Å². The van der Waals surface area contributed by atoms with Crippen LogP contribution in [-0.2, 0) is 10.0 Å². The highest BCUT2D eigenvalue weighted by molar-refractivity contribution is 9.10. The van der Waals surface area contributed by atoms with Crippen LogP contribution in [0.25, 0.3) is 0 Å². The number of rotatable bonds is 4. The second-order valence-corrected chi connectivity index (χ2v) is 8.02. The van der Waals surface area contributed by atoms with Crippen molar-refractivity contribution in [1.29, 1.82) is 0 Å². The second-order valence-electron chi connectivity index (χ2n) is 5.28. The third kappa shape index (κ3) is 4.79. The molecule has 1 amide bonds. The lowest BCUT2D eigenvalue weighted by Crippen LogP contribution is -2.49. The van der Waals surface area contributed by atoms with E-state index in [9.17, 15) is 13.2 Å². The number of carbonyl (C=O) groups excluding carboxylic acids is 1. The molecular weight excluding hydrogens is 356 g/mol. The van der Waals surface area contributed by atoms with Crippen molar-refractivity contribution in [2.75, 3.05) is 19.3 Å². The summed E-state index contributed by atoms with van der Waals surface area (Å²) in [4.78, 5) is 14.4. The Labute approximate surface area is 133 Å². The molecule has 1 heterocycles. The molecule has 0 radical (unpaired) electrons. The molecule has 0 aliphatic carbocycles. The first-order valence-electron chi connectivity index (χ1n) is 6.88. The van der Waals surface area contributed by atoms with Crippen molar-refractivity contribution >= 4 is 31.9 Å². The molecule has 2 rings (SSSR count). The number of piperidine rings is 1. The fourth-order valence-corrected chi connectivity index (χ4v) is 3.25. The highest BCUT2D eigenvalue weighted by atomic mass is 79.9. The minimum Gasteiger partial charge on any atom is -0.334 e. The van der Waals surface area contributed by atoms with Gasteiger partial charge in [-0.1, -0.05) is 15.9 Å². The van der Waals surface area contributed by atoms with E-state index in [1.807, 2.05) is 12.1 Å². The fraction of sp³-hybridized carbons (Fsp3) is 0.500. The van der Waals surface area contributed by atoms with Crippen LogP contribution in [0.1, 0.15) is 29.6 Å². The summed E-state index contributed by atoms with van der Waals surface area (Å²) in [5, 5.41) is 0. The molecule has 0 bridgehead atoms. The number of halogens is 1. The molecule has 1 atom stereocenters. The van der Waals surface area contributed by atoms with E-state index in [2.05, 4.69) is 20.7 Å². The Hall–Kier alpha value is -0.920. The van der Waals surface area contributed by atoms with Crippen LogP contribution in [0.15, 0.2) is 28.7 Å². The van der Waals surface area contributed by atoms with E-state index in [1.54, 1.807) is 17.0 Å². The molecule has 0 saturated carbocycles. The van der Waals surface area contributed by atoms with Gasteiger partial charge in [0.05, 0.1) is 6.26 Å². The first-order valence-corrected chi connectivity index (χ1v) is 9.56. The number of carbonyl (C=O) groups is 1. The van der Waals surface area contributed by atoms with Gasteiger partial charge in [0.2, 0.25) is 10.0 Å². The lowest BCUT2D eigenvalue weighted by Gasteiger charge is -2.35. The van der Waals surface area contributed by atoms with Crippen LogP contribution in [0, 0.1) is 0 Å². The zero-order chi connectivity index (χ0) is 15.5. The van der Waals surface area contributed by atoms with Crippen molar-refractivity contribution < 1.29 is 13.2 Å². The van der Waals surface area contributed by atoms with Crippen LogP contribution < -0.4 is 4.72 Å². The topological polar surface area (TPSA) is 66.5 Å². The average Bonchev–Trinajstić information content (AvgIpc) is 2.45. The van der Waals surface area contributed by atoms with Crippen LogP contribution in [0.4, 0.5) is 0 Å². The Bertz CT molecular complexity index is 601. The van der Waals surface area contributed by atoms with Gasteiger partial charge in [0.15, 0.2) is 0 Å². The van der Waals surface area contributed by atoms with Gasteiger partial charge < -0.3 is 4.90 Å². The van der Waals surface area contributed by atoms with E-state index in [-0.39, 0.29) is 18.5 Å². The molecular formula is C14H19BrN2O3S. The van der Waals surface area contributed by atoms with Crippen molar-refractivity contribution in [2.45, 2.75) is 25.3 Å². The van der Waals surface area contributed by atoms with Gasteiger partial charge in [0.25, 0.3) is 5.91 Å². The Kier molecular flexibility index (Phi) is 5.40. The molecule has 0 aromatic heterocycles. The summed E-state index contributed by atoms with van der Waals surface area (Å²) in [5.41, 5.74) is 0.629. The van der Waals surface area contributed by atoms with Gasteiger partial charge in [0.1, 0.15) is 0 Å². The summed E-state index contributed by atoms with van der Waals surface area (Å²) in [5.74, 6) is -0.0394. The van der Waals surface area contributed by atoms with E-state index in [0.717, 1.165) is 30.0 Å². The summed E-state index contributed by atoms with van der Waals surface area (Å²) >= 11 is 3.35. The van der Waals surface area contributed by atoms with Crippen LogP contribution in [0.2, 0.25) is 0 Å². The predicted molar refractivity (Wildman–Crippen MR) is 85.7 cm³/mol. The van der Waals surface area contributed by atoms with Gasteiger partial charge in [-0.3, -0.25) is 4.79 Å². The maximum atomic E-state index is 12.6. The Morgan fingerprint density at radius 1 is 1.33 bits per heavy atom. The minimum absolute atomic E-state index is 0.0394. The molecule has 1 aromatic rings. The van der Waals surface area contributed by atoms with Gasteiger partial charge in [-0.2, -0.15) is 0 Å². The van der Waals surface area contributed by atoms with Crippen LogP contribution in [-0.4, -0.2) is 44.6 Å². The number of amides is 1. The molecule has 1 saturated heterocycles. The monoisotopic (exact) mass is 374 g/mol. The molecule has 1 aliphatic rings.